The Kier molecular flexibility index (Phi) is 2.59. The maximum atomic E-state index is 11.1. The minimum absolute atomic E-state index is 0.0966. The molecule has 1 aliphatic carbocycles. The minimum atomic E-state index is -1.19. The van der Waals surface area contributed by atoms with E-state index in [0.717, 1.165) is 12.8 Å². The van der Waals surface area contributed by atoms with Crippen molar-refractivity contribution >= 4 is 28.3 Å². The summed E-state index contributed by atoms with van der Waals surface area (Å²) < 4.78 is 0. The van der Waals surface area contributed by atoms with Crippen molar-refractivity contribution in [2.75, 3.05) is 5.32 Å². The van der Waals surface area contributed by atoms with Crippen molar-refractivity contribution in [3.05, 3.63) is 16.0 Å². The van der Waals surface area contributed by atoms with Gasteiger partial charge in [0, 0.05) is 10.9 Å². The van der Waals surface area contributed by atoms with Crippen molar-refractivity contribution in [3.8, 4) is 0 Å². The van der Waals surface area contributed by atoms with Crippen LogP contribution in [-0.4, -0.2) is 28.2 Å². The van der Waals surface area contributed by atoms with E-state index in [-0.39, 0.29) is 11.1 Å². The second-order valence-electron chi connectivity index (χ2n) is 3.77. The van der Waals surface area contributed by atoms with Gasteiger partial charge in [0.05, 0.1) is 5.56 Å². The predicted octanol–water partition coefficient (Wildman–Crippen LogP) is 2.03. The standard InChI is InChI=1S/C10H11NO4S/c1-4-6(9(12)13)7(10(14)15)8(16-4)11-5-2-3-5/h5,11H,2-3H2,1H3,(H,12,13)(H,14,15). The van der Waals surface area contributed by atoms with Crippen LogP contribution < -0.4 is 5.32 Å². The number of rotatable bonds is 4. The van der Waals surface area contributed by atoms with Gasteiger partial charge >= 0.3 is 11.9 Å². The number of hydrogen-bond acceptors (Lipinski definition) is 4. The van der Waals surface area contributed by atoms with Gasteiger partial charge in [0.1, 0.15) is 10.6 Å². The summed E-state index contributed by atoms with van der Waals surface area (Å²) in [5.41, 5.74) is -0.206. The highest BCUT2D eigenvalue weighted by atomic mass is 32.1. The lowest BCUT2D eigenvalue weighted by molar-refractivity contribution is 0.0653. The molecule has 0 amide bonds. The lowest BCUT2D eigenvalue weighted by atomic mass is 10.1. The van der Waals surface area contributed by atoms with E-state index >= 15 is 0 Å². The average Bonchev–Trinajstić information content (AvgIpc) is 2.88. The Labute approximate surface area is 95.7 Å². The number of thiophene rings is 1. The Balaban J connectivity index is 2.46. The first-order valence-electron chi connectivity index (χ1n) is 4.87. The second kappa shape index (κ2) is 3.79. The molecule has 1 aromatic heterocycles. The molecule has 86 valence electrons. The van der Waals surface area contributed by atoms with Crippen molar-refractivity contribution in [2.45, 2.75) is 25.8 Å². The first-order valence-corrected chi connectivity index (χ1v) is 5.69. The van der Waals surface area contributed by atoms with E-state index < -0.39 is 11.9 Å². The largest absolute Gasteiger partial charge is 0.478 e. The maximum absolute atomic E-state index is 11.1. The van der Waals surface area contributed by atoms with E-state index in [1.54, 1.807) is 6.92 Å². The zero-order valence-corrected chi connectivity index (χ0v) is 9.43. The van der Waals surface area contributed by atoms with Gasteiger partial charge in [0.2, 0.25) is 0 Å². The molecule has 1 aliphatic rings. The third-order valence-corrected chi connectivity index (χ3v) is 3.46. The highest BCUT2D eigenvalue weighted by molar-refractivity contribution is 7.16. The SMILES string of the molecule is Cc1sc(NC2CC2)c(C(=O)O)c1C(=O)O. The number of carbonyl (C=O) groups is 2. The smallest absolute Gasteiger partial charge is 0.339 e. The molecule has 1 aromatic rings. The molecule has 1 saturated carbocycles. The van der Waals surface area contributed by atoms with Gasteiger partial charge in [0.15, 0.2) is 0 Å². The quantitative estimate of drug-likeness (QED) is 0.750. The summed E-state index contributed by atoms with van der Waals surface area (Å²) in [6.45, 7) is 1.62. The molecule has 0 atom stereocenters. The summed E-state index contributed by atoms with van der Waals surface area (Å²) in [5, 5.41) is 21.5. The van der Waals surface area contributed by atoms with Crippen molar-refractivity contribution < 1.29 is 19.8 Å². The third-order valence-electron chi connectivity index (χ3n) is 2.42. The molecule has 0 aliphatic heterocycles. The number of hydrogen-bond donors (Lipinski definition) is 3. The molecule has 0 bridgehead atoms. The highest BCUT2D eigenvalue weighted by Crippen LogP contribution is 2.36. The Hall–Kier alpha value is -1.56. The van der Waals surface area contributed by atoms with E-state index in [2.05, 4.69) is 5.32 Å². The fourth-order valence-electron chi connectivity index (χ4n) is 1.52. The van der Waals surface area contributed by atoms with Crippen molar-refractivity contribution in [3.63, 3.8) is 0 Å². The molecule has 5 nitrogen and oxygen atoms in total. The normalized spacial score (nSPS) is 14.8. The lowest BCUT2D eigenvalue weighted by Crippen LogP contribution is -2.10. The Bertz CT molecular complexity index is 462. The fraction of sp³-hybridized carbons (Fsp3) is 0.400. The topological polar surface area (TPSA) is 86.6 Å². The number of carboxylic acid groups (broad SMARTS) is 2. The van der Waals surface area contributed by atoms with E-state index in [1.165, 1.54) is 11.3 Å². The van der Waals surface area contributed by atoms with Gasteiger partial charge in [-0.25, -0.2) is 9.59 Å². The number of anilines is 1. The Morgan fingerprint density at radius 1 is 1.25 bits per heavy atom. The summed E-state index contributed by atoms with van der Waals surface area (Å²) >= 11 is 1.19. The van der Waals surface area contributed by atoms with Crippen LogP contribution in [0.3, 0.4) is 0 Å². The monoisotopic (exact) mass is 241 g/mol. The summed E-state index contributed by atoms with van der Waals surface area (Å²) in [4.78, 5) is 22.6. The first-order chi connectivity index (χ1) is 7.50. The van der Waals surface area contributed by atoms with Crippen molar-refractivity contribution in [1.29, 1.82) is 0 Å². The van der Waals surface area contributed by atoms with Crippen LogP contribution in [0.5, 0.6) is 0 Å². The van der Waals surface area contributed by atoms with Crippen LogP contribution in [0.1, 0.15) is 38.4 Å². The van der Waals surface area contributed by atoms with Crippen LogP contribution in [0.4, 0.5) is 5.00 Å². The van der Waals surface area contributed by atoms with E-state index in [1.807, 2.05) is 0 Å². The van der Waals surface area contributed by atoms with Gasteiger partial charge in [-0.3, -0.25) is 0 Å². The van der Waals surface area contributed by atoms with Gasteiger partial charge in [-0.2, -0.15) is 0 Å². The van der Waals surface area contributed by atoms with Gasteiger partial charge in [0.25, 0.3) is 0 Å². The molecule has 2 rings (SSSR count). The van der Waals surface area contributed by atoms with Gasteiger partial charge in [-0.15, -0.1) is 11.3 Å². The Morgan fingerprint density at radius 3 is 2.25 bits per heavy atom. The summed E-state index contributed by atoms with van der Waals surface area (Å²) in [7, 11) is 0. The third kappa shape index (κ3) is 1.88. The number of aromatic carboxylic acids is 2. The Morgan fingerprint density at radius 2 is 1.81 bits per heavy atom. The highest BCUT2D eigenvalue weighted by Gasteiger charge is 2.29. The van der Waals surface area contributed by atoms with Crippen LogP contribution in [0.2, 0.25) is 0 Å². The molecular weight excluding hydrogens is 230 g/mol. The molecule has 0 aromatic carbocycles. The van der Waals surface area contributed by atoms with E-state index in [4.69, 9.17) is 10.2 Å². The minimum Gasteiger partial charge on any atom is -0.478 e. The van der Waals surface area contributed by atoms with Crippen LogP contribution in [0.25, 0.3) is 0 Å². The number of nitrogens with one attached hydrogen (secondary N) is 1. The molecule has 0 radical (unpaired) electrons. The van der Waals surface area contributed by atoms with Crippen LogP contribution in [0.15, 0.2) is 0 Å². The van der Waals surface area contributed by atoms with Crippen molar-refractivity contribution in [1.82, 2.24) is 0 Å². The summed E-state index contributed by atoms with van der Waals surface area (Å²) in [6.07, 6.45) is 2.02. The zero-order valence-electron chi connectivity index (χ0n) is 8.61. The summed E-state index contributed by atoms with van der Waals surface area (Å²) in [5.74, 6) is -2.38. The van der Waals surface area contributed by atoms with Crippen molar-refractivity contribution in [2.24, 2.45) is 0 Å². The molecule has 0 spiro atoms. The fourth-order valence-corrected chi connectivity index (χ4v) is 2.64. The average molecular weight is 241 g/mol. The van der Waals surface area contributed by atoms with Crippen LogP contribution in [-0.2, 0) is 0 Å². The molecule has 1 heterocycles. The van der Waals surface area contributed by atoms with E-state index in [0.29, 0.717) is 15.9 Å². The number of carboxylic acids is 2. The van der Waals surface area contributed by atoms with Gasteiger partial charge < -0.3 is 15.5 Å². The molecule has 16 heavy (non-hydrogen) atoms. The lowest BCUT2D eigenvalue weighted by Gasteiger charge is -2.02. The van der Waals surface area contributed by atoms with E-state index in [9.17, 15) is 9.59 Å². The summed E-state index contributed by atoms with van der Waals surface area (Å²) in [6, 6.07) is 0.304. The van der Waals surface area contributed by atoms with Crippen LogP contribution in [0, 0.1) is 6.92 Å². The predicted molar refractivity (Wildman–Crippen MR) is 59.6 cm³/mol. The molecular formula is C10H11NO4S. The molecule has 3 N–H and O–H groups in total. The maximum Gasteiger partial charge on any atom is 0.339 e. The molecule has 0 saturated heterocycles. The van der Waals surface area contributed by atoms with Gasteiger partial charge in [-0.05, 0) is 19.8 Å². The molecule has 6 heteroatoms. The number of aryl methyl sites for hydroxylation is 1. The van der Waals surface area contributed by atoms with Gasteiger partial charge in [-0.1, -0.05) is 0 Å². The van der Waals surface area contributed by atoms with Crippen LogP contribution >= 0.6 is 11.3 Å². The molecule has 1 fully saturated rings. The first kappa shape index (κ1) is 10.9. The molecule has 0 unspecified atom stereocenters. The zero-order chi connectivity index (χ0) is 11.9. The second-order valence-corrected chi connectivity index (χ2v) is 4.99.